The molecule has 0 unspecified atom stereocenters. The van der Waals surface area contributed by atoms with E-state index in [2.05, 4.69) is 19.9 Å². The van der Waals surface area contributed by atoms with Gasteiger partial charge in [0.25, 0.3) is 5.91 Å². The molecule has 174 valence electrons. The number of halogens is 1. The van der Waals surface area contributed by atoms with Gasteiger partial charge in [-0.2, -0.15) is 0 Å². The molecule has 1 amide bonds. The first-order valence-electron chi connectivity index (χ1n) is 11.9. The number of fused-ring (bicyclic) bond motifs is 1. The Hall–Kier alpha value is -2.48. The van der Waals surface area contributed by atoms with E-state index < -0.39 is 0 Å². The van der Waals surface area contributed by atoms with Gasteiger partial charge in [0.1, 0.15) is 0 Å². The number of nitrogens with zero attached hydrogens (tertiary/aromatic N) is 4. The van der Waals surface area contributed by atoms with Gasteiger partial charge in [0.05, 0.1) is 10.6 Å². The molecule has 1 saturated heterocycles. The lowest BCUT2D eigenvalue weighted by atomic mass is 9.78. The summed E-state index contributed by atoms with van der Waals surface area (Å²) >= 11 is 6.51. The van der Waals surface area contributed by atoms with Gasteiger partial charge in [0.15, 0.2) is 0 Å². The highest BCUT2D eigenvalue weighted by molar-refractivity contribution is 6.37. The zero-order chi connectivity index (χ0) is 22.8. The molecule has 3 N–H and O–H groups in total. The van der Waals surface area contributed by atoms with Crippen LogP contribution in [0.4, 0.5) is 5.95 Å². The minimum atomic E-state index is -0.133. The largest absolute Gasteiger partial charge is 0.360 e. The van der Waals surface area contributed by atoms with Crippen LogP contribution in [0.1, 0.15) is 55.3 Å². The van der Waals surface area contributed by atoms with Crippen LogP contribution < -0.4 is 10.6 Å². The standard InChI is InChI=1S/C25H31ClN6O/c26-20-8-4-9-21-22(20)19(15-30-21)23(33)32(24-28-12-6-13-29-24)17-25(10-2-1-3-11-25)31-14-5-7-18(27)16-31/h4,6,8-9,12-13,15,18,30H,1-3,5,7,10-11,14,16-17,27H2/t18-/m0/s1. The fourth-order valence-corrected chi connectivity index (χ4v) is 5.91. The molecule has 3 aromatic rings. The maximum Gasteiger partial charge on any atom is 0.262 e. The first-order valence-corrected chi connectivity index (χ1v) is 12.3. The Morgan fingerprint density at radius 3 is 2.73 bits per heavy atom. The number of hydrogen-bond acceptors (Lipinski definition) is 5. The van der Waals surface area contributed by atoms with E-state index in [-0.39, 0.29) is 17.5 Å². The number of benzene rings is 1. The van der Waals surface area contributed by atoms with Gasteiger partial charge in [0, 0.05) is 54.2 Å². The second-order valence-electron chi connectivity index (χ2n) is 9.44. The van der Waals surface area contributed by atoms with Gasteiger partial charge in [-0.1, -0.05) is 36.9 Å². The smallest absolute Gasteiger partial charge is 0.262 e. The summed E-state index contributed by atoms with van der Waals surface area (Å²) in [5.74, 6) is 0.293. The number of rotatable bonds is 5. The molecule has 7 nitrogen and oxygen atoms in total. The highest BCUT2D eigenvalue weighted by Gasteiger charge is 2.43. The van der Waals surface area contributed by atoms with Crippen molar-refractivity contribution in [3.05, 3.63) is 53.4 Å². The zero-order valence-corrected chi connectivity index (χ0v) is 19.6. The molecule has 5 rings (SSSR count). The quantitative estimate of drug-likeness (QED) is 0.582. The van der Waals surface area contributed by atoms with Crippen molar-refractivity contribution in [2.24, 2.45) is 5.73 Å². The van der Waals surface area contributed by atoms with Gasteiger partial charge in [-0.05, 0) is 50.4 Å². The fraction of sp³-hybridized carbons (Fsp3) is 0.480. The fourth-order valence-electron chi connectivity index (χ4n) is 5.64. The number of H-pyrrole nitrogens is 1. The normalized spacial score (nSPS) is 21.2. The van der Waals surface area contributed by atoms with Crippen molar-refractivity contribution in [2.75, 3.05) is 24.5 Å². The molecular formula is C25H31ClN6O. The van der Waals surface area contributed by atoms with Gasteiger partial charge in [-0.3, -0.25) is 14.6 Å². The van der Waals surface area contributed by atoms with Crippen molar-refractivity contribution in [3.63, 3.8) is 0 Å². The van der Waals surface area contributed by atoms with Crippen LogP contribution in [0.2, 0.25) is 5.02 Å². The molecule has 2 fully saturated rings. The summed E-state index contributed by atoms with van der Waals surface area (Å²) in [7, 11) is 0. The van der Waals surface area contributed by atoms with Gasteiger partial charge in [0.2, 0.25) is 5.95 Å². The van der Waals surface area contributed by atoms with E-state index in [1.54, 1.807) is 29.6 Å². The van der Waals surface area contributed by atoms with Gasteiger partial charge < -0.3 is 10.7 Å². The predicted molar refractivity (Wildman–Crippen MR) is 132 cm³/mol. The Morgan fingerprint density at radius 1 is 1.18 bits per heavy atom. The first kappa shape index (κ1) is 22.3. The number of hydrogen-bond donors (Lipinski definition) is 2. The monoisotopic (exact) mass is 466 g/mol. The molecule has 0 bridgehead atoms. The molecule has 0 radical (unpaired) electrons. The Bertz CT molecular complexity index is 1110. The molecule has 33 heavy (non-hydrogen) atoms. The van der Waals surface area contributed by atoms with Crippen LogP contribution in [0.15, 0.2) is 42.9 Å². The van der Waals surface area contributed by atoms with E-state index >= 15 is 0 Å². The summed E-state index contributed by atoms with van der Waals surface area (Å²) in [4.78, 5) is 30.5. The molecular weight excluding hydrogens is 436 g/mol. The van der Waals surface area contributed by atoms with Crippen LogP contribution in [0.5, 0.6) is 0 Å². The third-order valence-electron chi connectivity index (χ3n) is 7.29. The number of carbonyl (C=O) groups is 1. The van der Waals surface area contributed by atoms with Crippen LogP contribution in [0, 0.1) is 0 Å². The Kier molecular flexibility index (Phi) is 6.36. The minimum absolute atomic E-state index is 0.124. The molecule has 8 heteroatoms. The van der Waals surface area contributed by atoms with Gasteiger partial charge >= 0.3 is 0 Å². The second kappa shape index (κ2) is 9.41. The van der Waals surface area contributed by atoms with Crippen molar-refractivity contribution < 1.29 is 4.79 Å². The summed E-state index contributed by atoms with van der Waals surface area (Å²) in [6.45, 7) is 2.43. The second-order valence-corrected chi connectivity index (χ2v) is 9.85. The minimum Gasteiger partial charge on any atom is -0.360 e. The summed E-state index contributed by atoms with van der Waals surface area (Å²) in [6, 6.07) is 7.58. The molecule has 1 saturated carbocycles. The number of amides is 1. The molecule has 2 aliphatic rings. The number of piperidine rings is 1. The molecule has 2 aromatic heterocycles. The summed E-state index contributed by atoms with van der Waals surface area (Å²) < 4.78 is 0. The summed E-state index contributed by atoms with van der Waals surface area (Å²) in [5.41, 5.74) is 7.65. The average Bonchev–Trinajstić information content (AvgIpc) is 3.29. The van der Waals surface area contributed by atoms with Crippen LogP contribution in [-0.2, 0) is 0 Å². The van der Waals surface area contributed by atoms with E-state index in [1.807, 2.05) is 18.2 Å². The van der Waals surface area contributed by atoms with E-state index in [9.17, 15) is 4.79 Å². The van der Waals surface area contributed by atoms with Gasteiger partial charge in [-0.25, -0.2) is 9.97 Å². The number of likely N-dealkylation sites (tertiary alicyclic amines) is 1. The Balaban J connectivity index is 1.55. The SMILES string of the molecule is N[C@H]1CCCN(C2(CN(C(=O)c3c[nH]c4cccc(Cl)c34)c3ncccn3)CCCCC2)C1. The first-order chi connectivity index (χ1) is 16.1. The maximum atomic E-state index is 14.1. The van der Waals surface area contributed by atoms with Crippen molar-refractivity contribution in [2.45, 2.75) is 56.5 Å². The lowest BCUT2D eigenvalue weighted by Crippen LogP contribution is -2.61. The Morgan fingerprint density at radius 2 is 1.97 bits per heavy atom. The highest BCUT2D eigenvalue weighted by atomic mass is 35.5. The average molecular weight is 467 g/mol. The lowest BCUT2D eigenvalue weighted by Gasteiger charge is -2.50. The predicted octanol–water partition coefficient (Wildman–Crippen LogP) is 4.38. The molecule has 1 atom stereocenters. The van der Waals surface area contributed by atoms with Gasteiger partial charge in [-0.15, -0.1) is 0 Å². The van der Waals surface area contributed by atoms with Crippen molar-refractivity contribution in [1.82, 2.24) is 19.9 Å². The number of nitrogens with one attached hydrogen (secondary N) is 1. The number of aromatic amines is 1. The third-order valence-corrected chi connectivity index (χ3v) is 7.60. The summed E-state index contributed by atoms with van der Waals surface area (Å²) in [5, 5.41) is 1.29. The molecule has 1 aromatic carbocycles. The van der Waals surface area contributed by atoms with E-state index in [4.69, 9.17) is 17.3 Å². The highest BCUT2D eigenvalue weighted by Crippen LogP contribution is 2.38. The molecule has 1 aliphatic heterocycles. The van der Waals surface area contributed by atoms with Crippen molar-refractivity contribution in [3.8, 4) is 0 Å². The third kappa shape index (κ3) is 4.37. The van der Waals surface area contributed by atoms with E-state index in [0.29, 0.717) is 23.1 Å². The molecule has 3 heterocycles. The van der Waals surface area contributed by atoms with Crippen LogP contribution in [0.25, 0.3) is 10.9 Å². The molecule has 1 aliphatic carbocycles. The van der Waals surface area contributed by atoms with Crippen LogP contribution in [0.3, 0.4) is 0 Å². The van der Waals surface area contributed by atoms with E-state index in [0.717, 1.165) is 62.5 Å². The number of carbonyl (C=O) groups excluding carboxylic acids is 1. The number of anilines is 1. The van der Waals surface area contributed by atoms with Crippen LogP contribution in [-0.4, -0.2) is 57.0 Å². The molecule has 0 spiro atoms. The summed E-state index contributed by atoms with van der Waals surface area (Å²) in [6.07, 6.45) is 12.9. The lowest BCUT2D eigenvalue weighted by molar-refractivity contribution is 0.0315. The zero-order valence-electron chi connectivity index (χ0n) is 18.8. The van der Waals surface area contributed by atoms with Crippen LogP contribution >= 0.6 is 11.6 Å². The van der Waals surface area contributed by atoms with E-state index in [1.165, 1.54) is 6.42 Å². The number of nitrogens with two attached hydrogens (primary N) is 1. The maximum absolute atomic E-state index is 14.1. The topological polar surface area (TPSA) is 91.1 Å². The van der Waals surface area contributed by atoms with Crippen molar-refractivity contribution >= 4 is 34.4 Å². The Labute approximate surface area is 199 Å². The van der Waals surface area contributed by atoms with Crippen molar-refractivity contribution in [1.29, 1.82) is 0 Å². The number of aromatic nitrogens is 3.